The molecule has 0 unspecified atom stereocenters. The second kappa shape index (κ2) is 10.9. The largest absolute Gasteiger partial charge is 0.503 e. The smallest absolute Gasteiger partial charge is 0.242 e. The molecule has 0 amide bonds. The van der Waals surface area contributed by atoms with E-state index in [4.69, 9.17) is 18.9 Å². The topological polar surface area (TPSA) is 107 Å². The third-order valence-corrected chi connectivity index (χ3v) is 7.52. The predicted octanol–water partition coefficient (Wildman–Crippen LogP) is 7.28. The Morgan fingerprint density at radius 3 is 2.51 bits per heavy atom. The van der Waals surface area contributed by atoms with Crippen LogP contribution in [0.4, 0.5) is 0 Å². The summed E-state index contributed by atoms with van der Waals surface area (Å²) in [7, 11) is 0. The van der Waals surface area contributed by atoms with E-state index in [1.807, 2.05) is 61.5 Å². The zero-order valence-corrected chi connectivity index (χ0v) is 23.1. The minimum atomic E-state index is -0.574. The summed E-state index contributed by atoms with van der Waals surface area (Å²) in [5.41, 5.74) is 2.37. The van der Waals surface area contributed by atoms with Crippen LogP contribution in [0, 0.1) is 6.92 Å². The molecule has 206 valence electrons. The molecule has 6 aromatic rings. The first-order valence-corrected chi connectivity index (χ1v) is 13.8. The molecule has 8 nitrogen and oxygen atoms in total. The summed E-state index contributed by atoms with van der Waals surface area (Å²) in [4.78, 5) is 18.4. The fourth-order valence-corrected chi connectivity index (χ4v) is 5.62. The van der Waals surface area contributed by atoms with Crippen LogP contribution in [0.2, 0.25) is 0 Å². The van der Waals surface area contributed by atoms with Crippen LogP contribution < -0.4 is 9.47 Å². The highest BCUT2D eigenvalue weighted by Crippen LogP contribution is 2.46. The van der Waals surface area contributed by atoms with Gasteiger partial charge in [0, 0.05) is 5.56 Å². The number of furan rings is 1. The van der Waals surface area contributed by atoms with Crippen LogP contribution in [0.3, 0.4) is 0 Å². The highest BCUT2D eigenvalue weighted by molar-refractivity contribution is 7.20. The second-order valence-corrected chi connectivity index (χ2v) is 10.3. The molecule has 0 saturated heterocycles. The summed E-state index contributed by atoms with van der Waals surface area (Å²) >= 11 is 1.29. The van der Waals surface area contributed by atoms with E-state index >= 15 is 0 Å². The summed E-state index contributed by atoms with van der Waals surface area (Å²) in [6.45, 7) is 4.50. The fourth-order valence-electron chi connectivity index (χ4n) is 4.62. The van der Waals surface area contributed by atoms with Crippen molar-refractivity contribution in [3.63, 3.8) is 0 Å². The molecular formula is C32H26N2O6S. The van der Waals surface area contributed by atoms with Crippen molar-refractivity contribution >= 4 is 27.3 Å². The molecule has 0 radical (unpaired) electrons. The van der Waals surface area contributed by atoms with E-state index in [0.717, 1.165) is 10.3 Å². The number of nitrogens with zero attached hydrogens (tertiary/aromatic N) is 2. The van der Waals surface area contributed by atoms with Crippen molar-refractivity contribution in [3.05, 3.63) is 108 Å². The number of aromatic nitrogens is 2. The zero-order valence-electron chi connectivity index (χ0n) is 22.3. The SMILES string of the molecule is CCOc1ccc2nc(-n3c(O)c(O)c(C(=O)c4ccc(C)o4)c3-c3cccc(OCc4ccccc4)c3)sc2c1. The molecular weight excluding hydrogens is 540 g/mol. The van der Waals surface area contributed by atoms with Gasteiger partial charge in [-0.05, 0) is 61.9 Å². The number of ether oxygens (including phenoxy) is 2. The number of ketones is 1. The van der Waals surface area contributed by atoms with E-state index in [1.54, 1.807) is 37.3 Å². The summed E-state index contributed by atoms with van der Waals surface area (Å²) in [6.07, 6.45) is 0. The van der Waals surface area contributed by atoms with Gasteiger partial charge in [-0.25, -0.2) is 4.98 Å². The molecule has 0 aliphatic heterocycles. The third kappa shape index (κ3) is 5.03. The molecule has 3 aromatic heterocycles. The number of benzene rings is 3. The standard InChI is InChI=1S/C32H26N2O6S/c1-3-38-23-13-14-24-26(17-23)41-32(33-24)34-28(27(30(36)31(34)37)29(35)25-15-12-19(2)40-25)21-10-7-11-22(16-21)39-18-20-8-5-4-6-9-20/h4-17,36-37H,3,18H2,1-2H3. The minimum Gasteiger partial charge on any atom is -0.503 e. The van der Waals surface area contributed by atoms with Gasteiger partial charge in [0.15, 0.2) is 16.6 Å². The Morgan fingerprint density at radius 2 is 1.76 bits per heavy atom. The van der Waals surface area contributed by atoms with Crippen LogP contribution in [0.15, 0.2) is 89.3 Å². The molecule has 3 aromatic carbocycles. The van der Waals surface area contributed by atoms with Gasteiger partial charge >= 0.3 is 0 Å². The number of carbonyl (C=O) groups is 1. The number of rotatable bonds is 9. The van der Waals surface area contributed by atoms with Gasteiger partial charge in [-0.15, -0.1) is 0 Å². The van der Waals surface area contributed by atoms with Crippen LogP contribution >= 0.6 is 11.3 Å². The van der Waals surface area contributed by atoms with E-state index in [1.165, 1.54) is 15.9 Å². The van der Waals surface area contributed by atoms with E-state index in [2.05, 4.69) is 0 Å². The Balaban J connectivity index is 1.51. The maximum Gasteiger partial charge on any atom is 0.242 e. The van der Waals surface area contributed by atoms with Crippen molar-refractivity contribution in [3.8, 4) is 39.5 Å². The van der Waals surface area contributed by atoms with Gasteiger partial charge in [0.05, 0.1) is 28.1 Å². The number of aryl methyl sites for hydroxylation is 1. The fraction of sp³-hybridized carbons (Fsp3) is 0.125. The first-order valence-electron chi connectivity index (χ1n) is 13.0. The van der Waals surface area contributed by atoms with E-state index in [-0.39, 0.29) is 17.0 Å². The number of carbonyl (C=O) groups excluding carboxylic acids is 1. The molecule has 0 spiro atoms. The van der Waals surface area contributed by atoms with Gasteiger partial charge in [0.25, 0.3) is 0 Å². The molecule has 41 heavy (non-hydrogen) atoms. The second-order valence-electron chi connectivity index (χ2n) is 9.33. The summed E-state index contributed by atoms with van der Waals surface area (Å²) in [5.74, 6) is 0.188. The summed E-state index contributed by atoms with van der Waals surface area (Å²) in [5, 5.41) is 22.8. The lowest BCUT2D eigenvalue weighted by Crippen LogP contribution is -2.04. The lowest BCUT2D eigenvalue weighted by molar-refractivity contribution is 0.101. The van der Waals surface area contributed by atoms with Gasteiger partial charge < -0.3 is 24.1 Å². The van der Waals surface area contributed by atoms with Crippen molar-refractivity contribution < 1.29 is 28.9 Å². The highest BCUT2D eigenvalue weighted by atomic mass is 32.1. The first-order chi connectivity index (χ1) is 19.9. The maximum absolute atomic E-state index is 13.7. The van der Waals surface area contributed by atoms with Crippen molar-refractivity contribution in [1.29, 1.82) is 0 Å². The number of thiazole rings is 1. The zero-order chi connectivity index (χ0) is 28.5. The Bertz CT molecular complexity index is 1870. The Hall–Kier alpha value is -5.02. The third-order valence-electron chi connectivity index (χ3n) is 6.52. The quantitative estimate of drug-likeness (QED) is 0.177. The Labute approximate surface area is 239 Å². The summed E-state index contributed by atoms with van der Waals surface area (Å²) in [6, 6.07) is 25.6. The van der Waals surface area contributed by atoms with E-state index in [0.29, 0.717) is 46.7 Å². The van der Waals surface area contributed by atoms with E-state index in [9.17, 15) is 15.0 Å². The molecule has 6 rings (SSSR count). The van der Waals surface area contributed by atoms with Crippen LogP contribution in [-0.4, -0.2) is 32.2 Å². The van der Waals surface area contributed by atoms with Gasteiger partial charge in [0.1, 0.15) is 23.9 Å². The van der Waals surface area contributed by atoms with Gasteiger partial charge in [-0.3, -0.25) is 9.36 Å². The van der Waals surface area contributed by atoms with Gasteiger partial charge in [-0.2, -0.15) is 0 Å². The van der Waals surface area contributed by atoms with Gasteiger partial charge in [-0.1, -0.05) is 53.8 Å². The predicted molar refractivity (Wildman–Crippen MR) is 157 cm³/mol. The van der Waals surface area contributed by atoms with Crippen molar-refractivity contribution in [2.75, 3.05) is 6.61 Å². The van der Waals surface area contributed by atoms with Crippen LogP contribution in [0.25, 0.3) is 26.6 Å². The van der Waals surface area contributed by atoms with Crippen molar-refractivity contribution in [2.45, 2.75) is 20.5 Å². The monoisotopic (exact) mass is 566 g/mol. The van der Waals surface area contributed by atoms with E-state index < -0.39 is 17.4 Å². The lowest BCUT2D eigenvalue weighted by Gasteiger charge is -2.11. The number of hydrogen-bond acceptors (Lipinski definition) is 8. The maximum atomic E-state index is 13.7. The molecule has 0 aliphatic carbocycles. The first kappa shape index (κ1) is 26.2. The highest BCUT2D eigenvalue weighted by Gasteiger charge is 2.32. The average Bonchev–Trinajstić information content (AvgIpc) is 3.68. The number of fused-ring (bicyclic) bond motifs is 1. The summed E-state index contributed by atoms with van der Waals surface area (Å²) < 4.78 is 19.5. The molecule has 0 bridgehead atoms. The molecule has 0 aliphatic rings. The van der Waals surface area contributed by atoms with Crippen LogP contribution in [0.5, 0.6) is 23.1 Å². The molecule has 0 saturated carbocycles. The molecule has 0 atom stereocenters. The lowest BCUT2D eigenvalue weighted by atomic mass is 10.0. The molecule has 2 N–H and O–H groups in total. The van der Waals surface area contributed by atoms with Crippen molar-refractivity contribution in [2.24, 2.45) is 0 Å². The van der Waals surface area contributed by atoms with Crippen LogP contribution in [-0.2, 0) is 6.61 Å². The molecule has 3 heterocycles. The van der Waals surface area contributed by atoms with Gasteiger partial charge in [0.2, 0.25) is 11.7 Å². The Morgan fingerprint density at radius 1 is 0.951 bits per heavy atom. The van der Waals surface area contributed by atoms with Crippen molar-refractivity contribution in [1.82, 2.24) is 9.55 Å². The average molecular weight is 567 g/mol. The number of aromatic hydroxyl groups is 2. The molecule has 0 fully saturated rings. The van der Waals surface area contributed by atoms with Crippen LogP contribution in [0.1, 0.15) is 34.4 Å². The molecule has 9 heteroatoms. The minimum absolute atomic E-state index is 0.0401. The Kier molecular flexibility index (Phi) is 6.94. The normalized spacial score (nSPS) is 11.2. The number of hydrogen-bond donors (Lipinski definition) is 2.